The summed E-state index contributed by atoms with van der Waals surface area (Å²) in [5.41, 5.74) is -0.0287. The van der Waals surface area contributed by atoms with Crippen molar-refractivity contribution in [3.8, 4) is 40.1 Å². The molecule has 21 nitrogen and oxygen atoms in total. The molecule has 1 aromatic heterocycles. The highest BCUT2D eigenvalue weighted by Gasteiger charge is 2.54. The summed E-state index contributed by atoms with van der Waals surface area (Å²) in [5.74, 6) is -2.47. The normalized spacial score (nSPS) is 37.3. The van der Waals surface area contributed by atoms with Gasteiger partial charge in [0, 0.05) is 18.2 Å². The average Bonchev–Trinajstić information content (AvgIpc) is 3.14. The predicted octanol–water partition coefficient (Wildman–Crippen LogP) is -3.97. The van der Waals surface area contributed by atoms with Crippen molar-refractivity contribution < 1.29 is 104 Å². The van der Waals surface area contributed by atoms with Gasteiger partial charge in [-0.05, 0) is 12.1 Å². The molecule has 2 aromatic carbocycles. The fourth-order valence-corrected chi connectivity index (χ4v) is 6.36. The van der Waals surface area contributed by atoms with Gasteiger partial charge in [0.15, 0.2) is 30.2 Å². The fraction of sp³-hybridized carbons (Fsp3) is 0.545. The molecule has 3 aromatic rings. The lowest BCUT2D eigenvalue weighted by Gasteiger charge is -2.48. The standard InChI is InChI=1S/C33H40O21/c34-7-18-21(41)24(44)27(47)31(50-18)53-30-26(46)23(43)20(9-36)52-33(30)54-29-25(45)22(42)19(8-35)51-32(29)49-17-6-12-14(39)4-11(37)5-16(12)48-28(17)10-1-2-13(38)15(40)3-10/h1-6,18-27,29-36,41-47H,7-9H2,(H3-,37,38,39,40)/p+1. The Morgan fingerprint density at radius 1 is 0.537 bits per heavy atom. The third-order valence-corrected chi connectivity index (χ3v) is 9.38. The summed E-state index contributed by atoms with van der Waals surface area (Å²) in [6.45, 7) is -2.61. The van der Waals surface area contributed by atoms with Gasteiger partial charge in [0.1, 0.15) is 84.0 Å². The number of hydrogen-bond donors (Lipinski definition) is 14. The van der Waals surface area contributed by atoms with Crippen molar-refractivity contribution in [1.82, 2.24) is 0 Å². The number of rotatable bonds is 10. The Kier molecular flexibility index (Phi) is 11.9. The van der Waals surface area contributed by atoms with E-state index in [1.807, 2.05) is 0 Å². The Balaban J connectivity index is 1.39. The second kappa shape index (κ2) is 16.2. The molecule has 0 aliphatic carbocycles. The first kappa shape index (κ1) is 39.9. The lowest BCUT2D eigenvalue weighted by atomic mass is 9.96. The third kappa shape index (κ3) is 7.58. The van der Waals surface area contributed by atoms with Crippen molar-refractivity contribution in [3.63, 3.8) is 0 Å². The molecule has 3 fully saturated rings. The number of fused-ring (bicyclic) bond motifs is 1. The van der Waals surface area contributed by atoms with Gasteiger partial charge >= 0.3 is 11.3 Å². The third-order valence-electron chi connectivity index (χ3n) is 9.38. The molecule has 21 heteroatoms. The van der Waals surface area contributed by atoms with Crippen molar-refractivity contribution in [2.45, 2.75) is 92.1 Å². The fourth-order valence-electron chi connectivity index (χ4n) is 6.36. The van der Waals surface area contributed by atoms with E-state index in [0.29, 0.717) is 0 Å². The molecule has 4 heterocycles. The van der Waals surface area contributed by atoms with E-state index in [2.05, 4.69) is 0 Å². The van der Waals surface area contributed by atoms with Gasteiger partial charge in [-0.2, -0.15) is 0 Å². The largest absolute Gasteiger partial charge is 0.507 e. The van der Waals surface area contributed by atoms with Crippen LogP contribution in [0.4, 0.5) is 0 Å². The van der Waals surface area contributed by atoms with Gasteiger partial charge in [-0.1, -0.05) is 0 Å². The van der Waals surface area contributed by atoms with E-state index in [1.54, 1.807) is 0 Å². The van der Waals surface area contributed by atoms with E-state index >= 15 is 0 Å². The zero-order valence-corrected chi connectivity index (χ0v) is 27.9. The second-order valence-corrected chi connectivity index (χ2v) is 12.9. The number of benzene rings is 2. The molecule has 0 bridgehead atoms. The van der Waals surface area contributed by atoms with Gasteiger partial charge in [0.05, 0.1) is 31.5 Å². The van der Waals surface area contributed by atoms with Crippen LogP contribution in [-0.4, -0.2) is 183 Å². The molecular formula is C33H41O21+. The number of aliphatic hydroxyl groups excluding tert-OH is 10. The Morgan fingerprint density at radius 3 is 1.67 bits per heavy atom. The quantitative estimate of drug-likeness (QED) is 0.0690. The van der Waals surface area contributed by atoms with Gasteiger partial charge in [-0.25, -0.2) is 4.42 Å². The summed E-state index contributed by atoms with van der Waals surface area (Å²) in [5, 5.41) is 145. The average molecular weight is 774 g/mol. The Bertz CT molecular complexity index is 1760. The highest BCUT2D eigenvalue weighted by molar-refractivity contribution is 5.88. The minimum Gasteiger partial charge on any atom is -0.507 e. The van der Waals surface area contributed by atoms with Crippen molar-refractivity contribution >= 4 is 11.0 Å². The van der Waals surface area contributed by atoms with Gasteiger partial charge in [0.25, 0.3) is 0 Å². The van der Waals surface area contributed by atoms with E-state index < -0.39 is 129 Å². The number of phenols is 4. The van der Waals surface area contributed by atoms with Crippen LogP contribution in [0.25, 0.3) is 22.3 Å². The highest BCUT2D eigenvalue weighted by Crippen LogP contribution is 2.43. The maximum atomic E-state index is 11.3. The van der Waals surface area contributed by atoms with E-state index in [4.69, 9.17) is 32.8 Å². The maximum Gasteiger partial charge on any atom is 0.402 e. The molecule has 54 heavy (non-hydrogen) atoms. The summed E-state index contributed by atoms with van der Waals surface area (Å²) in [6.07, 6.45) is -27.6. The minimum atomic E-state index is -2.02. The Labute approximate surface area is 303 Å². The Hall–Kier alpha value is -3.75. The monoisotopic (exact) mass is 773 g/mol. The molecule has 6 rings (SSSR count). The number of ether oxygens (including phenoxy) is 6. The molecule has 3 aliphatic heterocycles. The van der Waals surface area contributed by atoms with Gasteiger partial charge in [-0.3, -0.25) is 0 Å². The van der Waals surface area contributed by atoms with Gasteiger partial charge in [0.2, 0.25) is 12.0 Å². The topological polar surface area (TPSA) is 350 Å². The van der Waals surface area contributed by atoms with Crippen molar-refractivity contribution in [2.75, 3.05) is 19.8 Å². The van der Waals surface area contributed by atoms with Crippen LogP contribution < -0.4 is 4.74 Å². The van der Waals surface area contributed by atoms with E-state index in [0.717, 1.165) is 24.3 Å². The van der Waals surface area contributed by atoms with Crippen LogP contribution in [0.2, 0.25) is 0 Å². The number of aliphatic hydroxyl groups is 10. The molecule has 0 saturated carbocycles. The maximum absolute atomic E-state index is 11.3. The molecular weight excluding hydrogens is 732 g/mol. The summed E-state index contributed by atoms with van der Waals surface area (Å²) in [4.78, 5) is 0. The molecule has 0 amide bonds. The summed E-state index contributed by atoms with van der Waals surface area (Å²) in [7, 11) is 0. The molecule has 14 N–H and O–H groups in total. The van der Waals surface area contributed by atoms with E-state index in [-0.39, 0.29) is 33.8 Å². The summed E-state index contributed by atoms with van der Waals surface area (Å²) >= 11 is 0. The number of aromatic hydroxyl groups is 4. The first-order valence-electron chi connectivity index (χ1n) is 16.6. The molecule has 15 unspecified atom stereocenters. The predicted molar refractivity (Wildman–Crippen MR) is 172 cm³/mol. The second-order valence-electron chi connectivity index (χ2n) is 12.9. The van der Waals surface area contributed by atoms with E-state index in [1.165, 1.54) is 12.1 Å². The van der Waals surface area contributed by atoms with Gasteiger partial charge in [-0.15, -0.1) is 0 Å². The number of hydrogen-bond acceptors (Lipinski definition) is 20. The zero-order valence-electron chi connectivity index (χ0n) is 27.9. The molecule has 0 radical (unpaired) electrons. The summed E-state index contributed by atoms with van der Waals surface area (Å²) in [6, 6.07) is 6.86. The van der Waals surface area contributed by atoms with Crippen molar-refractivity contribution in [3.05, 3.63) is 36.4 Å². The minimum absolute atomic E-state index is 0.0337. The SMILES string of the molecule is OCC1OC(OC2C(OC3C(Oc4cc5c(O)cc(O)cc5[o+]c4-c4ccc(O)c(O)c4)OC(CO)C(O)C3O)OC(CO)C(O)C2O)C(O)C(O)C1O. The van der Waals surface area contributed by atoms with Crippen LogP contribution in [0.15, 0.2) is 40.8 Å². The Morgan fingerprint density at radius 2 is 1.07 bits per heavy atom. The van der Waals surface area contributed by atoms with Crippen LogP contribution in [0, 0.1) is 0 Å². The van der Waals surface area contributed by atoms with E-state index in [9.17, 15) is 71.5 Å². The lowest BCUT2D eigenvalue weighted by molar-refractivity contribution is -0.389. The van der Waals surface area contributed by atoms with Crippen molar-refractivity contribution in [2.24, 2.45) is 0 Å². The first-order chi connectivity index (χ1) is 25.7. The van der Waals surface area contributed by atoms with Crippen LogP contribution in [0.5, 0.6) is 28.7 Å². The highest BCUT2D eigenvalue weighted by atomic mass is 16.8. The molecule has 298 valence electrons. The smallest absolute Gasteiger partial charge is 0.402 e. The summed E-state index contributed by atoms with van der Waals surface area (Å²) < 4.78 is 40.5. The molecule has 3 aliphatic rings. The zero-order chi connectivity index (χ0) is 39.2. The van der Waals surface area contributed by atoms with Gasteiger partial charge < -0.3 is 99.9 Å². The lowest BCUT2D eigenvalue weighted by Crippen LogP contribution is -2.67. The molecule has 0 spiro atoms. The molecule has 3 saturated heterocycles. The van der Waals surface area contributed by atoms with Crippen LogP contribution in [-0.2, 0) is 23.7 Å². The van der Waals surface area contributed by atoms with Crippen LogP contribution in [0.1, 0.15) is 0 Å². The van der Waals surface area contributed by atoms with Crippen molar-refractivity contribution in [1.29, 1.82) is 0 Å². The number of phenolic OH excluding ortho intramolecular Hbond substituents is 4. The van der Waals surface area contributed by atoms with Crippen LogP contribution in [0.3, 0.4) is 0 Å². The molecule has 15 atom stereocenters. The first-order valence-corrected chi connectivity index (χ1v) is 16.6. The van der Waals surface area contributed by atoms with Crippen LogP contribution >= 0.6 is 0 Å².